The predicted molar refractivity (Wildman–Crippen MR) is 74.6 cm³/mol. The average molecular weight is 284 g/mol. The van der Waals surface area contributed by atoms with Crippen LogP contribution in [0, 0.1) is 0 Å². The van der Waals surface area contributed by atoms with Crippen LogP contribution in [0.3, 0.4) is 0 Å². The maximum atomic E-state index is 12.2. The molecule has 0 saturated carbocycles. The number of aromatic nitrogens is 1. The summed E-state index contributed by atoms with van der Waals surface area (Å²) in [6, 6.07) is 0. The maximum Gasteiger partial charge on any atom is 0.323 e. The number of carbonyl (C=O) groups excluding carboxylic acids is 1. The molecule has 0 aliphatic heterocycles. The second kappa shape index (κ2) is 6.14. The maximum absolute atomic E-state index is 12.2. The van der Waals surface area contributed by atoms with E-state index in [1.54, 1.807) is 5.38 Å². The largest absolute Gasteiger partial charge is 0.480 e. The number of hydrogen-bond donors (Lipinski definition) is 1. The molecule has 5 nitrogen and oxygen atoms in total. The number of rotatable bonds is 5. The van der Waals surface area contributed by atoms with E-state index in [1.165, 1.54) is 16.2 Å². The van der Waals surface area contributed by atoms with Crippen molar-refractivity contribution in [3.63, 3.8) is 0 Å². The fourth-order valence-corrected chi connectivity index (χ4v) is 2.45. The average Bonchev–Trinajstić information content (AvgIpc) is 2.75. The zero-order valence-electron chi connectivity index (χ0n) is 11.8. The summed E-state index contributed by atoms with van der Waals surface area (Å²) in [6.07, 6.45) is 0.718. The Labute approximate surface area is 117 Å². The molecule has 0 spiro atoms. The van der Waals surface area contributed by atoms with Crippen molar-refractivity contribution in [1.29, 1.82) is 0 Å². The van der Waals surface area contributed by atoms with Gasteiger partial charge in [-0.05, 0) is 6.42 Å². The number of nitrogens with zero attached hydrogens (tertiary/aromatic N) is 2. The fraction of sp³-hybridized carbons (Fsp3) is 0.615. The van der Waals surface area contributed by atoms with Gasteiger partial charge in [-0.25, -0.2) is 4.98 Å². The second-order valence-corrected chi connectivity index (χ2v) is 6.27. The van der Waals surface area contributed by atoms with Gasteiger partial charge < -0.3 is 10.0 Å². The third-order valence-electron chi connectivity index (χ3n) is 2.47. The number of carboxylic acid groups (broad SMARTS) is 1. The van der Waals surface area contributed by atoms with Crippen molar-refractivity contribution in [3.05, 3.63) is 16.1 Å². The number of amides is 1. The highest BCUT2D eigenvalue weighted by atomic mass is 32.1. The van der Waals surface area contributed by atoms with Crippen molar-refractivity contribution in [1.82, 2.24) is 9.88 Å². The lowest BCUT2D eigenvalue weighted by atomic mass is 9.98. The van der Waals surface area contributed by atoms with Crippen molar-refractivity contribution >= 4 is 23.2 Å². The van der Waals surface area contributed by atoms with Gasteiger partial charge in [0.05, 0.1) is 5.01 Å². The van der Waals surface area contributed by atoms with Gasteiger partial charge in [0.15, 0.2) is 0 Å². The molecule has 0 radical (unpaired) electrons. The van der Waals surface area contributed by atoms with Gasteiger partial charge >= 0.3 is 5.97 Å². The van der Waals surface area contributed by atoms with Gasteiger partial charge in [0.2, 0.25) is 0 Å². The molecule has 0 bridgehead atoms. The topological polar surface area (TPSA) is 70.5 Å². The molecule has 1 amide bonds. The number of carboxylic acids is 1. The molecule has 1 heterocycles. The van der Waals surface area contributed by atoms with Crippen molar-refractivity contribution in [2.75, 3.05) is 13.1 Å². The Hall–Kier alpha value is -1.43. The van der Waals surface area contributed by atoms with Crippen LogP contribution in [0.2, 0.25) is 0 Å². The Morgan fingerprint density at radius 3 is 2.47 bits per heavy atom. The first-order valence-electron chi connectivity index (χ1n) is 6.22. The third kappa shape index (κ3) is 4.31. The first-order chi connectivity index (χ1) is 8.75. The molecule has 1 aromatic rings. The van der Waals surface area contributed by atoms with E-state index in [0.717, 1.165) is 11.4 Å². The van der Waals surface area contributed by atoms with Crippen LogP contribution in [0.5, 0.6) is 0 Å². The lowest BCUT2D eigenvalue weighted by Crippen LogP contribution is -2.36. The lowest BCUT2D eigenvalue weighted by molar-refractivity contribution is -0.137. The van der Waals surface area contributed by atoms with E-state index in [9.17, 15) is 9.59 Å². The van der Waals surface area contributed by atoms with E-state index in [0.29, 0.717) is 12.2 Å². The van der Waals surface area contributed by atoms with Gasteiger partial charge in [0.25, 0.3) is 5.91 Å². The molecule has 0 aliphatic rings. The summed E-state index contributed by atoms with van der Waals surface area (Å²) in [5.41, 5.74) is 0.232. The molecule has 106 valence electrons. The summed E-state index contributed by atoms with van der Waals surface area (Å²) in [5.74, 6) is -1.32. The van der Waals surface area contributed by atoms with E-state index in [1.807, 2.05) is 27.7 Å². The summed E-state index contributed by atoms with van der Waals surface area (Å²) in [7, 11) is 0. The molecular formula is C13H20N2O3S. The molecule has 0 unspecified atom stereocenters. The first kappa shape index (κ1) is 15.6. The monoisotopic (exact) mass is 284 g/mol. The van der Waals surface area contributed by atoms with Crippen molar-refractivity contribution in [3.8, 4) is 0 Å². The Morgan fingerprint density at radius 2 is 2.05 bits per heavy atom. The number of carbonyl (C=O) groups is 2. The van der Waals surface area contributed by atoms with Gasteiger partial charge in [-0.3, -0.25) is 9.59 Å². The third-order valence-corrected chi connectivity index (χ3v) is 3.74. The van der Waals surface area contributed by atoms with Crippen LogP contribution in [0.15, 0.2) is 5.38 Å². The van der Waals surface area contributed by atoms with Crippen LogP contribution in [0.4, 0.5) is 0 Å². The molecule has 6 heteroatoms. The highest BCUT2D eigenvalue weighted by Crippen LogP contribution is 2.25. The minimum absolute atomic E-state index is 0.106. The number of aliphatic carboxylic acids is 1. The van der Waals surface area contributed by atoms with Crippen LogP contribution in [-0.2, 0) is 10.2 Å². The zero-order valence-corrected chi connectivity index (χ0v) is 12.6. The predicted octanol–water partition coefficient (Wildman–Crippen LogP) is 2.38. The normalized spacial score (nSPS) is 11.4. The Balaban J connectivity index is 2.90. The van der Waals surface area contributed by atoms with Gasteiger partial charge in [-0.15, -0.1) is 11.3 Å². The summed E-state index contributed by atoms with van der Waals surface area (Å²) < 4.78 is 0. The number of hydrogen-bond acceptors (Lipinski definition) is 4. The van der Waals surface area contributed by atoms with Crippen molar-refractivity contribution in [2.24, 2.45) is 0 Å². The molecule has 0 aromatic carbocycles. The summed E-state index contributed by atoms with van der Waals surface area (Å²) in [4.78, 5) is 28.6. The first-order valence-corrected chi connectivity index (χ1v) is 7.10. The molecular weight excluding hydrogens is 264 g/mol. The molecule has 0 atom stereocenters. The van der Waals surface area contributed by atoms with Crippen LogP contribution < -0.4 is 0 Å². The SMILES string of the molecule is CCCN(CC(=O)O)C(=O)c1csc(C(C)(C)C)n1. The van der Waals surface area contributed by atoms with Gasteiger partial charge in [0, 0.05) is 17.3 Å². The molecule has 0 saturated heterocycles. The molecule has 1 N–H and O–H groups in total. The van der Waals surface area contributed by atoms with Crippen LogP contribution >= 0.6 is 11.3 Å². The lowest BCUT2D eigenvalue weighted by Gasteiger charge is -2.19. The highest BCUT2D eigenvalue weighted by molar-refractivity contribution is 7.10. The van der Waals surface area contributed by atoms with E-state index < -0.39 is 5.97 Å². The zero-order chi connectivity index (χ0) is 14.6. The summed E-state index contributed by atoms with van der Waals surface area (Å²) >= 11 is 1.43. The van der Waals surface area contributed by atoms with Gasteiger partial charge in [-0.1, -0.05) is 27.7 Å². The minimum atomic E-state index is -1.01. The smallest absolute Gasteiger partial charge is 0.323 e. The van der Waals surface area contributed by atoms with E-state index >= 15 is 0 Å². The highest BCUT2D eigenvalue weighted by Gasteiger charge is 2.24. The Morgan fingerprint density at radius 1 is 1.42 bits per heavy atom. The van der Waals surface area contributed by atoms with Crippen molar-refractivity contribution in [2.45, 2.75) is 39.5 Å². The van der Waals surface area contributed by atoms with Gasteiger partial charge in [0.1, 0.15) is 12.2 Å². The van der Waals surface area contributed by atoms with Gasteiger partial charge in [-0.2, -0.15) is 0 Å². The molecule has 19 heavy (non-hydrogen) atoms. The Kier molecular flexibility index (Phi) is 5.05. The molecule has 1 rings (SSSR count). The standard InChI is InChI=1S/C13H20N2O3S/c1-5-6-15(7-10(16)17)11(18)9-8-19-12(14-9)13(2,3)4/h8H,5-7H2,1-4H3,(H,16,17). The van der Waals surface area contributed by atoms with Crippen LogP contribution in [0.1, 0.15) is 49.6 Å². The molecule has 1 aromatic heterocycles. The van der Waals surface area contributed by atoms with Crippen LogP contribution in [0.25, 0.3) is 0 Å². The number of thiazole rings is 1. The van der Waals surface area contributed by atoms with E-state index in [-0.39, 0.29) is 17.9 Å². The quantitative estimate of drug-likeness (QED) is 0.901. The minimum Gasteiger partial charge on any atom is -0.480 e. The molecule has 0 aliphatic carbocycles. The Bertz CT molecular complexity index is 463. The summed E-state index contributed by atoms with van der Waals surface area (Å²) in [5, 5.41) is 11.4. The van der Waals surface area contributed by atoms with Crippen LogP contribution in [-0.4, -0.2) is 40.0 Å². The van der Waals surface area contributed by atoms with E-state index in [4.69, 9.17) is 5.11 Å². The summed E-state index contributed by atoms with van der Waals surface area (Å²) in [6.45, 7) is 8.13. The van der Waals surface area contributed by atoms with Crippen molar-refractivity contribution < 1.29 is 14.7 Å². The van der Waals surface area contributed by atoms with E-state index in [2.05, 4.69) is 4.98 Å². The molecule has 0 fully saturated rings. The second-order valence-electron chi connectivity index (χ2n) is 5.41. The fourth-order valence-electron chi connectivity index (χ4n) is 1.56.